The van der Waals surface area contributed by atoms with E-state index in [-0.39, 0.29) is 18.7 Å². The van der Waals surface area contributed by atoms with E-state index in [2.05, 4.69) is 22.9 Å². The van der Waals surface area contributed by atoms with E-state index in [4.69, 9.17) is 0 Å². The van der Waals surface area contributed by atoms with Gasteiger partial charge in [0, 0.05) is 32.1 Å². The van der Waals surface area contributed by atoms with Gasteiger partial charge in [-0.25, -0.2) is 0 Å². The molecule has 0 bridgehead atoms. The Kier molecular flexibility index (Phi) is 4.53. The van der Waals surface area contributed by atoms with Crippen LogP contribution in [-0.4, -0.2) is 53.7 Å². The van der Waals surface area contributed by atoms with E-state index >= 15 is 0 Å². The molecule has 4 rings (SSSR count). The topological polar surface area (TPSA) is 108 Å². The lowest BCUT2D eigenvalue weighted by molar-refractivity contribution is -0.136. The molecule has 3 N–H and O–H groups in total. The third-order valence-corrected chi connectivity index (χ3v) is 5.65. The molecule has 0 aliphatic carbocycles. The Morgan fingerprint density at radius 2 is 1.89 bits per heavy atom. The minimum atomic E-state index is -0.928. The van der Waals surface area contributed by atoms with Gasteiger partial charge in [0.15, 0.2) is 0 Å². The maximum Gasteiger partial charge on any atom is 0.262 e. The molecular formula is C19H22N4O4. The molecule has 0 spiro atoms. The number of fused-ring (bicyclic) bond motifs is 1. The van der Waals surface area contributed by atoms with E-state index in [0.29, 0.717) is 29.6 Å². The molecule has 1 unspecified atom stereocenters. The van der Waals surface area contributed by atoms with Gasteiger partial charge in [0.05, 0.1) is 11.1 Å². The van der Waals surface area contributed by atoms with Crippen molar-refractivity contribution in [1.29, 1.82) is 0 Å². The number of benzene rings is 1. The Bertz CT molecular complexity index is 833. The van der Waals surface area contributed by atoms with E-state index in [1.807, 2.05) is 6.07 Å². The molecule has 3 aliphatic heterocycles. The van der Waals surface area contributed by atoms with Crippen molar-refractivity contribution in [3.63, 3.8) is 0 Å². The number of nitrogens with zero attached hydrogens (tertiary/aromatic N) is 1. The van der Waals surface area contributed by atoms with E-state index in [1.165, 1.54) is 0 Å². The zero-order valence-corrected chi connectivity index (χ0v) is 15.1. The Balaban J connectivity index is 1.49. The maximum atomic E-state index is 12.8. The largest absolute Gasteiger partial charge is 0.316 e. The second-order valence-electron chi connectivity index (χ2n) is 7.42. The number of hydrogen-bond acceptors (Lipinski definition) is 6. The number of amides is 4. The predicted molar refractivity (Wildman–Crippen MR) is 95.8 cm³/mol. The van der Waals surface area contributed by atoms with E-state index < -0.39 is 23.8 Å². The normalized spacial score (nSPS) is 23.9. The second kappa shape index (κ2) is 6.86. The molecule has 3 heterocycles. The number of piperidine rings is 1. The van der Waals surface area contributed by atoms with Crippen molar-refractivity contribution in [2.45, 2.75) is 38.4 Å². The highest BCUT2D eigenvalue weighted by molar-refractivity contribution is 6.23. The zero-order chi connectivity index (χ0) is 19.1. The van der Waals surface area contributed by atoms with E-state index in [1.54, 1.807) is 12.1 Å². The molecule has 27 heavy (non-hydrogen) atoms. The molecule has 3 aliphatic rings. The zero-order valence-electron chi connectivity index (χ0n) is 15.1. The van der Waals surface area contributed by atoms with Crippen molar-refractivity contribution in [3.8, 4) is 0 Å². The molecule has 2 fully saturated rings. The molecule has 0 radical (unpaired) electrons. The monoisotopic (exact) mass is 370 g/mol. The highest BCUT2D eigenvalue weighted by atomic mass is 16.2. The number of carbonyl (C=O) groups is 4. The van der Waals surface area contributed by atoms with E-state index in [9.17, 15) is 19.2 Å². The highest BCUT2D eigenvalue weighted by Crippen LogP contribution is 2.28. The summed E-state index contributed by atoms with van der Waals surface area (Å²) < 4.78 is 0. The summed E-state index contributed by atoms with van der Waals surface area (Å²) in [5.41, 5.74) is 1.55. The average molecular weight is 370 g/mol. The Morgan fingerprint density at radius 1 is 1.15 bits per heavy atom. The van der Waals surface area contributed by atoms with Crippen molar-refractivity contribution in [3.05, 3.63) is 34.9 Å². The van der Waals surface area contributed by atoms with Crippen LogP contribution >= 0.6 is 0 Å². The van der Waals surface area contributed by atoms with Gasteiger partial charge in [-0.3, -0.25) is 29.4 Å². The van der Waals surface area contributed by atoms with Crippen molar-refractivity contribution < 1.29 is 19.2 Å². The first kappa shape index (κ1) is 17.8. The average Bonchev–Trinajstić information content (AvgIpc) is 2.83. The van der Waals surface area contributed by atoms with Crippen LogP contribution in [0.3, 0.4) is 0 Å². The molecule has 8 nitrogen and oxygen atoms in total. The van der Waals surface area contributed by atoms with Gasteiger partial charge in [0.2, 0.25) is 11.8 Å². The van der Waals surface area contributed by atoms with Crippen LogP contribution in [0, 0.1) is 5.92 Å². The van der Waals surface area contributed by atoms with Crippen LogP contribution in [-0.2, 0) is 16.1 Å². The Labute approximate surface area is 156 Å². The third kappa shape index (κ3) is 3.15. The first-order chi connectivity index (χ1) is 13.0. The molecule has 1 aromatic rings. The lowest BCUT2D eigenvalue weighted by Gasteiger charge is -2.33. The van der Waals surface area contributed by atoms with Gasteiger partial charge in [0.25, 0.3) is 11.8 Å². The summed E-state index contributed by atoms with van der Waals surface area (Å²) in [4.78, 5) is 49.9. The van der Waals surface area contributed by atoms with Crippen molar-refractivity contribution in [2.24, 2.45) is 5.92 Å². The van der Waals surface area contributed by atoms with E-state index in [0.717, 1.165) is 23.6 Å². The summed E-state index contributed by atoms with van der Waals surface area (Å²) in [6.07, 6.45) is 0.282. The number of rotatable bonds is 5. The lowest BCUT2D eigenvalue weighted by Crippen LogP contribution is -2.54. The Hall–Kier alpha value is -2.58. The van der Waals surface area contributed by atoms with Gasteiger partial charge in [-0.2, -0.15) is 0 Å². The van der Waals surface area contributed by atoms with Crippen LogP contribution in [0.5, 0.6) is 0 Å². The molecule has 8 heteroatoms. The molecule has 4 amide bonds. The predicted octanol–water partition coefficient (Wildman–Crippen LogP) is -0.215. The van der Waals surface area contributed by atoms with Gasteiger partial charge in [0.1, 0.15) is 6.04 Å². The minimum absolute atomic E-state index is 0.118. The fourth-order valence-corrected chi connectivity index (χ4v) is 3.74. The van der Waals surface area contributed by atoms with Gasteiger partial charge < -0.3 is 10.6 Å². The van der Waals surface area contributed by atoms with Crippen LogP contribution in [0.25, 0.3) is 0 Å². The van der Waals surface area contributed by atoms with Gasteiger partial charge in [-0.1, -0.05) is 6.07 Å². The first-order valence-electron chi connectivity index (χ1n) is 9.24. The highest BCUT2D eigenvalue weighted by Gasteiger charge is 2.44. The van der Waals surface area contributed by atoms with Crippen LogP contribution < -0.4 is 16.0 Å². The SMILES string of the molecule is C[C@H](NCc1ccc2c(c1)C(=O)N(C1CCC(=O)NC1=O)C2=O)C1CNC1. The smallest absolute Gasteiger partial charge is 0.262 e. The number of carbonyl (C=O) groups excluding carboxylic acids is 4. The summed E-state index contributed by atoms with van der Waals surface area (Å²) in [7, 11) is 0. The number of imide groups is 2. The quantitative estimate of drug-likeness (QED) is 0.619. The van der Waals surface area contributed by atoms with Crippen molar-refractivity contribution >= 4 is 23.6 Å². The molecule has 0 aromatic heterocycles. The summed E-state index contributed by atoms with van der Waals surface area (Å²) in [6, 6.07) is 4.63. The maximum absolute atomic E-state index is 12.8. The summed E-state index contributed by atoms with van der Waals surface area (Å²) in [5.74, 6) is -1.31. The molecule has 2 atom stereocenters. The Morgan fingerprint density at radius 3 is 2.56 bits per heavy atom. The van der Waals surface area contributed by atoms with Crippen LogP contribution in [0.15, 0.2) is 18.2 Å². The molecular weight excluding hydrogens is 348 g/mol. The van der Waals surface area contributed by atoms with Gasteiger partial charge >= 0.3 is 0 Å². The summed E-state index contributed by atoms with van der Waals surface area (Å²) >= 11 is 0. The fourth-order valence-electron chi connectivity index (χ4n) is 3.74. The van der Waals surface area contributed by atoms with Crippen LogP contribution in [0.1, 0.15) is 46.0 Å². The third-order valence-electron chi connectivity index (χ3n) is 5.65. The fraction of sp³-hybridized carbons (Fsp3) is 0.474. The molecule has 0 saturated carbocycles. The van der Waals surface area contributed by atoms with Crippen molar-refractivity contribution in [1.82, 2.24) is 20.9 Å². The standard InChI is InChI=1S/C19H22N4O4/c1-10(12-8-20-9-12)21-7-11-2-3-13-14(6-11)19(27)23(18(13)26)15-4-5-16(24)22-17(15)25/h2-3,6,10,12,15,20-21H,4-5,7-9H2,1H3,(H,22,24,25)/t10-,15?/m0/s1. The van der Waals surface area contributed by atoms with Crippen LogP contribution in [0.2, 0.25) is 0 Å². The van der Waals surface area contributed by atoms with Crippen molar-refractivity contribution in [2.75, 3.05) is 13.1 Å². The number of nitrogens with one attached hydrogen (secondary N) is 3. The summed E-state index contributed by atoms with van der Waals surface area (Å²) in [5, 5.41) is 8.90. The summed E-state index contributed by atoms with van der Waals surface area (Å²) in [6.45, 7) is 4.75. The molecule has 142 valence electrons. The molecule has 1 aromatic carbocycles. The first-order valence-corrected chi connectivity index (χ1v) is 9.24. The number of hydrogen-bond donors (Lipinski definition) is 3. The second-order valence-corrected chi connectivity index (χ2v) is 7.42. The van der Waals surface area contributed by atoms with Crippen LogP contribution in [0.4, 0.5) is 0 Å². The van der Waals surface area contributed by atoms with Gasteiger partial charge in [-0.05, 0) is 37.0 Å². The van der Waals surface area contributed by atoms with Gasteiger partial charge in [-0.15, -0.1) is 0 Å². The minimum Gasteiger partial charge on any atom is -0.316 e. The lowest BCUT2D eigenvalue weighted by atomic mass is 9.95. The molecule has 2 saturated heterocycles.